The number of nitrogens with one attached hydrogen (secondary N) is 2. The van der Waals surface area contributed by atoms with Crippen molar-refractivity contribution in [2.75, 3.05) is 25.5 Å². The van der Waals surface area contributed by atoms with Crippen LogP contribution in [0.2, 0.25) is 0 Å². The van der Waals surface area contributed by atoms with E-state index in [1.807, 2.05) is 62.4 Å². The molecule has 0 spiro atoms. The molecule has 3 aromatic carbocycles. The highest BCUT2D eigenvalue weighted by Crippen LogP contribution is 2.23. The van der Waals surface area contributed by atoms with Gasteiger partial charge in [-0.1, -0.05) is 60.2 Å². The molecule has 0 saturated carbocycles. The first-order valence-corrected chi connectivity index (χ1v) is 9.74. The zero-order chi connectivity index (χ0) is 20.8. The van der Waals surface area contributed by atoms with Crippen LogP contribution in [0, 0.1) is 6.92 Å². The quantitative estimate of drug-likeness (QED) is 0.644. The summed E-state index contributed by atoms with van der Waals surface area (Å²) in [7, 11) is 1.76. The Labute approximate surface area is 171 Å². The van der Waals surface area contributed by atoms with Crippen molar-refractivity contribution in [3.63, 3.8) is 0 Å². The third kappa shape index (κ3) is 5.65. The maximum absolute atomic E-state index is 12.5. The van der Waals surface area contributed by atoms with Gasteiger partial charge in [0, 0.05) is 5.69 Å². The molecule has 3 aromatic rings. The number of rotatable bonds is 7. The van der Waals surface area contributed by atoms with E-state index >= 15 is 0 Å². The first-order valence-electron chi connectivity index (χ1n) is 9.74. The van der Waals surface area contributed by atoms with Gasteiger partial charge >= 0.3 is 0 Å². The van der Waals surface area contributed by atoms with Crippen molar-refractivity contribution in [2.45, 2.75) is 19.9 Å². The predicted molar refractivity (Wildman–Crippen MR) is 118 cm³/mol. The molecule has 1 atom stereocenters. The highest BCUT2D eigenvalue weighted by atomic mass is 16.2. The smallest absolute Gasteiger partial charge is 0.238 e. The van der Waals surface area contributed by atoms with Crippen molar-refractivity contribution in [1.29, 1.82) is 0 Å². The molecule has 5 heteroatoms. The molecule has 0 aliphatic rings. The summed E-state index contributed by atoms with van der Waals surface area (Å²) in [5, 5.41) is 8.17. The first kappa shape index (κ1) is 20.6. The lowest BCUT2D eigenvalue weighted by Crippen LogP contribution is -2.39. The van der Waals surface area contributed by atoms with Gasteiger partial charge in [-0.05, 0) is 49.4 Å². The van der Waals surface area contributed by atoms with E-state index in [9.17, 15) is 9.59 Å². The summed E-state index contributed by atoms with van der Waals surface area (Å²) in [5.74, 6) is -0.262. The molecule has 0 heterocycles. The Morgan fingerprint density at radius 1 is 0.897 bits per heavy atom. The Morgan fingerprint density at radius 2 is 1.55 bits per heavy atom. The number of carbonyl (C=O) groups is 2. The summed E-state index contributed by atoms with van der Waals surface area (Å²) < 4.78 is 0. The second-order valence-corrected chi connectivity index (χ2v) is 7.44. The Kier molecular flexibility index (Phi) is 6.62. The van der Waals surface area contributed by atoms with Gasteiger partial charge < -0.3 is 10.6 Å². The van der Waals surface area contributed by atoms with E-state index in [0.29, 0.717) is 0 Å². The van der Waals surface area contributed by atoms with Crippen LogP contribution in [0.4, 0.5) is 5.69 Å². The van der Waals surface area contributed by atoms with Crippen molar-refractivity contribution < 1.29 is 9.59 Å². The molecule has 0 aromatic heterocycles. The van der Waals surface area contributed by atoms with E-state index in [0.717, 1.165) is 27.6 Å². The van der Waals surface area contributed by atoms with Crippen molar-refractivity contribution in [1.82, 2.24) is 10.2 Å². The molecular weight excluding hydrogens is 362 g/mol. The van der Waals surface area contributed by atoms with Crippen LogP contribution in [0.25, 0.3) is 10.8 Å². The molecule has 0 bridgehead atoms. The maximum Gasteiger partial charge on any atom is 0.238 e. The number of anilines is 1. The number of hydrogen-bond acceptors (Lipinski definition) is 3. The number of hydrogen-bond donors (Lipinski definition) is 2. The molecule has 0 fully saturated rings. The van der Waals surface area contributed by atoms with Crippen LogP contribution in [0.15, 0.2) is 66.7 Å². The Hall–Kier alpha value is -3.18. The molecule has 0 aliphatic heterocycles. The van der Waals surface area contributed by atoms with Crippen molar-refractivity contribution >= 4 is 28.3 Å². The van der Waals surface area contributed by atoms with Crippen LogP contribution in [0.5, 0.6) is 0 Å². The Bertz CT molecular complexity index is 993. The molecule has 2 amide bonds. The highest BCUT2D eigenvalue weighted by molar-refractivity contribution is 5.92. The number of fused-ring (bicyclic) bond motifs is 1. The largest absolute Gasteiger partial charge is 0.348 e. The van der Waals surface area contributed by atoms with Crippen molar-refractivity contribution in [3.05, 3.63) is 77.9 Å². The molecule has 3 rings (SSSR count). The average Bonchev–Trinajstić information content (AvgIpc) is 2.68. The minimum Gasteiger partial charge on any atom is -0.348 e. The van der Waals surface area contributed by atoms with Crippen LogP contribution in [-0.4, -0.2) is 36.9 Å². The van der Waals surface area contributed by atoms with Crippen molar-refractivity contribution in [3.8, 4) is 0 Å². The maximum atomic E-state index is 12.5. The van der Waals surface area contributed by atoms with Gasteiger partial charge in [-0.3, -0.25) is 14.5 Å². The van der Waals surface area contributed by atoms with E-state index in [4.69, 9.17) is 0 Å². The van der Waals surface area contributed by atoms with Crippen molar-refractivity contribution in [2.24, 2.45) is 0 Å². The summed E-state index contributed by atoms with van der Waals surface area (Å²) in [6.45, 7) is 4.27. The zero-order valence-electron chi connectivity index (χ0n) is 17.1. The average molecular weight is 389 g/mol. The summed E-state index contributed by atoms with van der Waals surface area (Å²) in [6.07, 6.45) is 0. The van der Waals surface area contributed by atoms with Gasteiger partial charge in [0.15, 0.2) is 0 Å². The summed E-state index contributed by atoms with van der Waals surface area (Å²) in [4.78, 5) is 26.4. The number of amides is 2. The molecule has 0 aliphatic carbocycles. The fourth-order valence-electron chi connectivity index (χ4n) is 3.38. The SMILES string of the molecule is Cc1ccc(NC(=O)CN(C)CC(=O)NC(C)c2cccc3ccccc23)cc1. The van der Waals surface area contributed by atoms with Gasteiger partial charge in [-0.15, -0.1) is 0 Å². The Balaban J connectivity index is 1.52. The summed E-state index contributed by atoms with van der Waals surface area (Å²) >= 11 is 0. The zero-order valence-corrected chi connectivity index (χ0v) is 17.1. The lowest BCUT2D eigenvalue weighted by Gasteiger charge is -2.20. The topological polar surface area (TPSA) is 61.4 Å². The number of likely N-dealkylation sites (N-methyl/N-ethyl adjacent to an activating group) is 1. The summed E-state index contributed by atoms with van der Waals surface area (Å²) in [5.41, 5.74) is 2.97. The van der Waals surface area contributed by atoms with E-state index < -0.39 is 0 Å². The van der Waals surface area contributed by atoms with Gasteiger partial charge in [0.05, 0.1) is 19.1 Å². The van der Waals surface area contributed by atoms with Crippen LogP contribution < -0.4 is 10.6 Å². The molecule has 150 valence electrons. The fraction of sp³-hybridized carbons (Fsp3) is 0.250. The third-order valence-electron chi connectivity index (χ3n) is 4.83. The van der Waals surface area contributed by atoms with Crippen LogP contribution in [-0.2, 0) is 9.59 Å². The second-order valence-electron chi connectivity index (χ2n) is 7.44. The number of carbonyl (C=O) groups excluding carboxylic acids is 2. The first-order chi connectivity index (χ1) is 13.9. The van der Waals surface area contributed by atoms with E-state index in [1.54, 1.807) is 11.9 Å². The van der Waals surface area contributed by atoms with Gasteiger partial charge in [-0.2, -0.15) is 0 Å². The number of nitrogens with zero attached hydrogens (tertiary/aromatic N) is 1. The van der Waals surface area contributed by atoms with Gasteiger partial charge in [0.2, 0.25) is 11.8 Å². The lowest BCUT2D eigenvalue weighted by molar-refractivity contribution is -0.123. The predicted octanol–water partition coefficient (Wildman–Crippen LogP) is 3.90. The normalized spacial score (nSPS) is 12.0. The molecule has 5 nitrogen and oxygen atoms in total. The second kappa shape index (κ2) is 9.34. The van der Waals surface area contributed by atoms with Gasteiger partial charge in [0.1, 0.15) is 0 Å². The highest BCUT2D eigenvalue weighted by Gasteiger charge is 2.15. The molecular formula is C24H27N3O2. The molecule has 0 radical (unpaired) electrons. The standard InChI is InChI=1S/C24H27N3O2/c1-17-11-13-20(14-12-17)26-24(29)16-27(3)15-23(28)25-18(2)21-10-6-8-19-7-4-5-9-22(19)21/h4-14,18H,15-16H2,1-3H3,(H,25,28)(H,26,29). The lowest BCUT2D eigenvalue weighted by atomic mass is 10.00. The minimum absolute atomic E-state index is 0.115. The third-order valence-corrected chi connectivity index (χ3v) is 4.83. The summed E-state index contributed by atoms with van der Waals surface area (Å²) in [6, 6.07) is 21.7. The van der Waals surface area contributed by atoms with E-state index in [-0.39, 0.29) is 30.9 Å². The van der Waals surface area contributed by atoms with Crippen LogP contribution in [0.3, 0.4) is 0 Å². The molecule has 29 heavy (non-hydrogen) atoms. The Morgan fingerprint density at radius 3 is 2.31 bits per heavy atom. The van der Waals surface area contributed by atoms with Gasteiger partial charge in [0.25, 0.3) is 0 Å². The number of benzene rings is 3. The van der Waals surface area contributed by atoms with Gasteiger partial charge in [-0.25, -0.2) is 0 Å². The number of aryl methyl sites for hydroxylation is 1. The fourth-order valence-corrected chi connectivity index (χ4v) is 3.38. The van der Waals surface area contributed by atoms with E-state index in [1.165, 1.54) is 0 Å². The molecule has 2 N–H and O–H groups in total. The molecule has 0 saturated heterocycles. The molecule has 1 unspecified atom stereocenters. The monoisotopic (exact) mass is 389 g/mol. The minimum atomic E-state index is -0.147. The van der Waals surface area contributed by atoms with E-state index in [2.05, 4.69) is 28.8 Å². The van der Waals surface area contributed by atoms with Crippen LogP contribution >= 0.6 is 0 Å². The van der Waals surface area contributed by atoms with Crippen LogP contribution in [0.1, 0.15) is 24.1 Å².